The summed E-state index contributed by atoms with van der Waals surface area (Å²) in [6.45, 7) is 5.00. The molecule has 8 nitrogen and oxygen atoms in total. The van der Waals surface area contributed by atoms with Gasteiger partial charge in [0, 0.05) is 43.6 Å². The third-order valence-corrected chi connectivity index (χ3v) is 8.02. The lowest BCUT2D eigenvalue weighted by Gasteiger charge is -2.28. The summed E-state index contributed by atoms with van der Waals surface area (Å²) >= 11 is 0. The van der Waals surface area contributed by atoms with Gasteiger partial charge in [-0.1, -0.05) is 42.5 Å². The number of aliphatic hydroxyl groups excluding tert-OH is 1. The molecule has 1 aliphatic heterocycles. The van der Waals surface area contributed by atoms with E-state index in [4.69, 9.17) is 14.8 Å². The summed E-state index contributed by atoms with van der Waals surface area (Å²) in [5, 5.41) is 19.5. The lowest BCUT2D eigenvalue weighted by molar-refractivity contribution is 0.103. The van der Waals surface area contributed by atoms with E-state index < -0.39 is 0 Å². The molecule has 0 atom stereocenters. The molecule has 0 amide bonds. The van der Waals surface area contributed by atoms with Crippen LogP contribution in [0.15, 0.2) is 60.8 Å². The lowest BCUT2D eigenvalue weighted by atomic mass is 9.87. The van der Waals surface area contributed by atoms with Crippen LogP contribution in [0.2, 0.25) is 0 Å². The first kappa shape index (κ1) is 25.8. The molecule has 1 saturated heterocycles. The number of ether oxygens (including phenoxy) is 1. The zero-order valence-electron chi connectivity index (χ0n) is 22.5. The summed E-state index contributed by atoms with van der Waals surface area (Å²) in [7, 11) is 0. The Bertz CT molecular complexity index is 1340. The van der Waals surface area contributed by atoms with Gasteiger partial charge in [0.2, 0.25) is 5.95 Å². The van der Waals surface area contributed by atoms with Crippen LogP contribution in [0.3, 0.4) is 0 Å². The fourth-order valence-corrected chi connectivity index (χ4v) is 5.75. The first-order chi connectivity index (χ1) is 19.2. The van der Waals surface area contributed by atoms with Crippen molar-refractivity contribution >= 4 is 22.7 Å². The Morgan fingerprint density at radius 2 is 1.72 bits per heavy atom. The third kappa shape index (κ3) is 6.23. The first-order valence-electron chi connectivity index (χ1n) is 14.4. The Morgan fingerprint density at radius 3 is 2.49 bits per heavy atom. The molecule has 2 N–H and O–H groups in total. The van der Waals surface area contributed by atoms with Gasteiger partial charge >= 0.3 is 0 Å². The third-order valence-electron chi connectivity index (χ3n) is 8.02. The lowest BCUT2D eigenvalue weighted by Crippen LogP contribution is -2.36. The summed E-state index contributed by atoms with van der Waals surface area (Å²) in [5.41, 5.74) is 5.42. The molecule has 1 aliphatic carbocycles. The number of morpholine rings is 1. The minimum atomic E-state index is -0.162. The van der Waals surface area contributed by atoms with Crippen molar-refractivity contribution in [3.63, 3.8) is 0 Å². The Labute approximate surface area is 230 Å². The highest BCUT2D eigenvalue weighted by atomic mass is 16.5. The zero-order chi connectivity index (χ0) is 26.4. The molecular formula is C31H38N6O2. The molecule has 0 bridgehead atoms. The van der Waals surface area contributed by atoms with Crippen LogP contribution >= 0.6 is 0 Å². The minimum Gasteiger partial charge on any atom is -0.393 e. The molecule has 3 heterocycles. The van der Waals surface area contributed by atoms with Crippen LogP contribution in [0.25, 0.3) is 22.3 Å². The second kappa shape index (κ2) is 12.1. The molecular weight excluding hydrogens is 488 g/mol. The maximum absolute atomic E-state index is 9.98. The van der Waals surface area contributed by atoms with Gasteiger partial charge in [0.15, 0.2) is 5.65 Å². The number of aliphatic hydroxyl groups is 1. The first-order valence-corrected chi connectivity index (χ1v) is 14.4. The van der Waals surface area contributed by atoms with E-state index in [9.17, 15) is 5.11 Å². The van der Waals surface area contributed by atoms with Gasteiger partial charge in [0.25, 0.3) is 0 Å². The number of hydrogen-bond donors (Lipinski definition) is 2. The van der Waals surface area contributed by atoms with Crippen LogP contribution < -0.4 is 10.2 Å². The number of nitrogens with zero attached hydrogens (tertiary/aromatic N) is 5. The molecule has 0 radical (unpaired) electrons. The van der Waals surface area contributed by atoms with Crippen LogP contribution in [-0.2, 0) is 17.7 Å². The highest BCUT2D eigenvalue weighted by molar-refractivity contribution is 5.91. The summed E-state index contributed by atoms with van der Waals surface area (Å²) in [5.74, 6) is 1.13. The molecule has 4 aromatic rings. The fraction of sp³-hybridized carbons (Fsp3) is 0.452. The van der Waals surface area contributed by atoms with Crippen LogP contribution in [-0.4, -0.2) is 63.8 Å². The monoisotopic (exact) mass is 526 g/mol. The molecule has 2 aromatic carbocycles. The Kier molecular flexibility index (Phi) is 8.02. The van der Waals surface area contributed by atoms with Crippen molar-refractivity contribution in [2.75, 3.05) is 43.1 Å². The number of aromatic nitrogens is 4. The molecule has 1 saturated carbocycles. The van der Waals surface area contributed by atoms with Gasteiger partial charge in [-0.05, 0) is 62.1 Å². The Hall–Kier alpha value is -3.49. The van der Waals surface area contributed by atoms with Crippen LogP contribution in [0.5, 0.6) is 0 Å². The van der Waals surface area contributed by atoms with Crippen molar-refractivity contribution in [3.05, 3.63) is 66.4 Å². The smallest absolute Gasteiger partial charge is 0.224 e. The number of rotatable bonds is 9. The maximum Gasteiger partial charge on any atom is 0.224 e. The molecule has 8 heteroatoms. The van der Waals surface area contributed by atoms with Crippen LogP contribution in [0.4, 0.5) is 11.6 Å². The van der Waals surface area contributed by atoms with Crippen molar-refractivity contribution in [1.82, 2.24) is 19.7 Å². The van der Waals surface area contributed by atoms with Gasteiger partial charge < -0.3 is 20.1 Å². The van der Waals surface area contributed by atoms with E-state index in [-0.39, 0.29) is 6.10 Å². The molecule has 6 rings (SSSR count). The Morgan fingerprint density at radius 1 is 0.949 bits per heavy atom. The number of fused-ring (bicyclic) bond motifs is 1. The standard InChI is InChI=1S/C31H38N6O2/c38-27-14-8-24(9-15-27)22-37-30-28(21-33-31(34-30)32-16-4-7-23-5-2-1-3-6-23)29(35-37)25-10-12-26(13-11-25)36-17-19-39-20-18-36/h1-3,5-6,10-13,21,24,27,38H,4,7-9,14-20,22H2,(H,32,33,34). The molecule has 2 aliphatic rings. The van der Waals surface area contributed by atoms with E-state index >= 15 is 0 Å². The molecule has 0 unspecified atom stereocenters. The van der Waals surface area contributed by atoms with Gasteiger partial charge in [-0.25, -0.2) is 9.67 Å². The average molecular weight is 527 g/mol. The van der Waals surface area contributed by atoms with Crippen molar-refractivity contribution in [3.8, 4) is 11.3 Å². The number of nitrogens with one attached hydrogen (secondary N) is 1. The zero-order valence-corrected chi connectivity index (χ0v) is 22.5. The maximum atomic E-state index is 9.98. The van der Waals surface area contributed by atoms with Gasteiger partial charge in [-0.2, -0.15) is 10.1 Å². The SMILES string of the molecule is OC1CCC(Cn2nc(-c3ccc(N4CCOCC4)cc3)c3cnc(NCCCc4ccccc4)nc32)CC1. The quantitative estimate of drug-likeness (QED) is 0.299. The number of anilines is 2. The molecule has 0 spiro atoms. The number of benzene rings is 2. The van der Waals surface area contributed by atoms with Crippen molar-refractivity contribution < 1.29 is 9.84 Å². The predicted molar refractivity (Wildman–Crippen MR) is 155 cm³/mol. The van der Waals surface area contributed by atoms with Crippen molar-refractivity contribution in [2.45, 2.75) is 51.2 Å². The minimum absolute atomic E-state index is 0.162. The molecule has 2 fully saturated rings. The highest BCUT2D eigenvalue weighted by Crippen LogP contribution is 2.32. The second-order valence-corrected chi connectivity index (χ2v) is 10.8. The van der Waals surface area contributed by atoms with E-state index in [1.54, 1.807) is 0 Å². The summed E-state index contributed by atoms with van der Waals surface area (Å²) < 4.78 is 7.58. The highest BCUT2D eigenvalue weighted by Gasteiger charge is 2.23. The average Bonchev–Trinajstić information content (AvgIpc) is 3.35. The van der Waals surface area contributed by atoms with Gasteiger partial charge in [0.05, 0.1) is 24.7 Å². The van der Waals surface area contributed by atoms with Crippen molar-refractivity contribution in [2.24, 2.45) is 5.92 Å². The largest absolute Gasteiger partial charge is 0.393 e. The number of aryl methyl sites for hydroxylation is 1. The normalized spacial score (nSPS) is 19.9. The van der Waals surface area contributed by atoms with E-state index in [2.05, 4.69) is 74.5 Å². The van der Waals surface area contributed by atoms with Gasteiger partial charge in [-0.3, -0.25) is 0 Å². The summed E-state index contributed by atoms with van der Waals surface area (Å²) in [6.07, 6.45) is 7.55. The van der Waals surface area contributed by atoms with Crippen LogP contribution in [0.1, 0.15) is 37.7 Å². The van der Waals surface area contributed by atoms with E-state index in [0.717, 1.165) is 100 Å². The van der Waals surface area contributed by atoms with Crippen molar-refractivity contribution in [1.29, 1.82) is 0 Å². The predicted octanol–water partition coefficient (Wildman–Crippen LogP) is 4.93. The Balaban J connectivity index is 1.22. The second-order valence-electron chi connectivity index (χ2n) is 10.8. The van der Waals surface area contributed by atoms with E-state index in [1.165, 1.54) is 11.3 Å². The number of hydrogen-bond acceptors (Lipinski definition) is 7. The van der Waals surface area contributed by atoms with Crippen LogP contribution in [0, 0.1) is 5.92 Å². The fourth-order valence-electron chi connectivity index (χ4n) is 5.75. The molecule has 2 aromatic heterocycles. The van der Waals surface area contributed by atoms with E-state index in [1.807, 2.05) is 6.20 Å². The van der Waals surface area contributed by atoms with Gasteiger partial charge in [0.1, 0.15) is 5.69 Å². The summed E-state index contributed by atoms with van der Waals surface area (Å²) in [4.78, 5) is 12.0. The van der Waals surface area contributed by atoms with E-state index in [0.29, 0.717) is 11.9 Å². The molecule has 39 heavy (non-hydrogen) atoms. The molecule has 204 valence electrons. The summed E-state index contributed by atoms with van der Waals surface area (Å²) in [6, 6.07) is 19.2. The van der Waals surface area contributed by atoms with Gasteiger partial charge in [-0.15, -0.1) is 0 Å². The topological polar surface area (TPSA) is 88.3 Å².